The molecule has 0 bridgehead atoms. The molecule has 0 saturated carbocycles. The van der Waals surface area contributed by atoms with E-state index >= 15 is 0 Å². The molecule has 0 spiro atoms. The van der Waals surface area contributed by atoms with Crippen LogP contribution in [-0.2, 0) is 16.1 Å². The minimum Gasteiger partial charge on any atom is -0.494 e. The molecule has 2 amide bonds. The molecule has 0 radical (unpaired) electrons. The Bertz CT molecular complexity index is 1300. The molecule has 3 rings (SSSR count). The van der Waals surface area contributed by atoms with Gasteiger partial charge in [-0.15, -0.1) is 0 Å². The van der Waals surface area contributed by atoms with Gasteiger partial charge in [0.1, 0.15) is 12.1 Å². The number of carbonyl (C=O) groups excluding carboxylic acids is 2. The Morgan fingerprint density at radius 3 is 2.34 bits per heavy atom. The number of anilines is 1. The number of nitrogens with two attached hydrogens (primary N) is 1. The quantitative estimate of drug-likeness (QED) is 0.600. The van der Waals surface area contributed by atoms with E-state index in [-0.39, 0.29) is 16.7 Å². The Morgan fingerprint density at radius 1 is 1.12 bits per heavy atom. The van der Waals surface area contributed by atoms with Gasteiger partial charge in [-0.05, 0) is 62.6 Å². The van der Waals surface area contributed by atoms with E-state index in [9.17, 15) is 24.3 Å². The van der Waals surface area contributed by atoms with Crippen LogP contribution >= 0.6 is 0 Å². The second-order valence-corrected chi connectivity index (χ2v) is 7.52. The summed E-state index contributed by atoms with van der Waals surface area (Å²) in [4.78, 5) is 49.1. The first kappa shape index (κ1) is 22.5. The number of aliphatic carboxylic acids is 1. The topological polar surface area (TPSA) is 155 Å². The molecule has 2 heterocycles. The minimum atomic E-state index is -1.41. The van der Waals surface area contributed by atoms with Crippen LogP contribution in [0.1, 0.15) is 39.5 Å². The molecular formula is C22H22N4O6. The molecule has 10 heteroatoms. The number of rotatable bonds is 5. The van der Waals surface area contributed by atoms with Crippen LogP contribution in [0.25, 0.3) is 6.08 Å². The van der Waals surface area contributed by atoms with Crippen LogP contribution in [0.3, 0.4) is 0 Å². The smallest absolute Gasteiger partial charge is 0.323 e. The molecule has 1 aromatic heterocycles. The molecule has 0 fully saturated rings. The summed E-state index contributed by atoms with van der Waals surface area (Å²) in [5, 5.41) is 24.9. The van der Waals surface area contributed by atoms with Gasteiger partial charge in [0.25, 0.3) is 17.4 Å². The van der Waals surface area contributed by atoms with Crippen molar-refractivity contribution in [3.05, 3.63) is 61.9 Å². The van der Waals surface area contributed by atoms with E-state index in [0.29, 0.717) is 16.0 Å². The number of amides is 2. The molecule has 1 aliphatic rings. The summed E-state index contributed by atoms with van der Waals surface area (Å²) in [5.41, 5.74) is 6.92. The predicted octanol–water partition coefficient (Wildman–Crippen LogP) is 1.47. The molecular weight excluding hydrogens is 416 g/mol. The second kappa shape index (κ2) is 8.14. The highest BCUT2D eigenvalue weighted by atomic mass is 16.4. The summed E-state index contributed by atoms with van der Waals surface area (Å²) in [6.45, 7) is 5.92. The number of hydrazone groups is 1. The molecule has 10 nitrogen and oxygen atoms in total. The maximum atomic E-state index is 13.1. The van der Waals surface area contributed by atoms with Gasteiger partial charge in [0.15, 0.2) is 0 Å². The molecule has 2 aromatic rings. The number of hydrogen-bond acceptors (Lipinski definition) is 6. The lowest BCUT2D eigenvalue weighted by atomic mass is 10.00. The third-order valence-corrected chi connectivity index (χ3v) is 5.36. The number of carboxylic acids is 1. The van der Waals surface area contributed by atoms with Crippen LogP contribution in [0.5, 0.6) is 5.88 Å². The van der Waals surface area contributed by atoms with Gasteiger partial charge in [-0.1, -0.05) is 6.07 Å². The lowest BCUT2D eigenvalue weighted by Crippen LogP contribution is -2.30. The Labute approximate surface area is 182 Å². The van der Waals surface area contributed by atoms with Crippen LogP contribution in [0.4, 0.5) is 5.69 Å². The SMILES string of the molecule is CC1=NN(c2ccc(C)c(C)c2)C(=O)C1=Cc1c(C)c(C(N)=O)c(O)n(CC(=O)O)c1=O. The van der Waals surface area contributed by atoms with Crippen molar-refractivity contribution in [3.8, 4) is 5.88 Å². The number of aromatic hydroxyl groups is 1. The zero-order valence-electron chi connectivity index (χ0n) is 18.0. The van der Waals surface area contributed by atoms with E-state index in [1.54, 1.807) is 13.0 Å². The van der Waals surface area contributed by atoms with E-state index < -0.39 is 41.3 Å². The Hall–Kier alpha value is -4.21. The van der Waals surface area contributed by atoms with Crippen molar-refractivity contribution >= 4 is 35.3 Å². The van der Waals surface area contributed by atoms with Gasteiger partial charge in [-0.2, -0.15) is 10.1 Å². The summed E-state index contributed by atoms with van der Waals surface area (Å²) in [6.07, 6.45) is 1.24. The molecule has 0 saturated heterocycles. The van der Waals surface area contributed by atoms with Crippen molar-refractivity contribution in [1.82, 2.24) is 4.57 Å². The monoisotopic (exact) mass is 438 g/mol. The summed E-state index contributed by atoms with van der Waals surface area (Å²) in [5.74, 6) is -3.79. The van der Waals surface area contributed by atoms with Crippen molar-refractivity contribution in [1.29, 1.82) is 0 Å². The highest BCUT2D eigenvalue weighted by molar-refractivity contribution is 6.32. The average Bonchev–Trinajstić information content (AvgIpc) is 2.98. The predicted molar refractivity (Wildman–Crippen MR) is 118 cm³/mol. The molecule has 1 aromatic carbocycles. The lowest BCUT2D eigenvalue weighted by molar-refractivity contribution is -0.137. The van der Waals surface area contributed by atoms with Gasteiger partial charge in [0.2, 0.25) is 5.88 Å². The number of pyridine rings is 1. The summed E-state index contributed by atoms with van der Waals surface area (Å²) in [6, 6.07) is 5.42. The first-order valence-electron chi connectivity index (χ1n) is 9.61. The third-order valence-electron chi connectivity index (χ3n) is 5.36. The minimum absolute atomic E-state index is 0.0272. The Morgan fingerprint density at radius 2 is 1.78 bits per heavy atom. The summed E-state index contributed by atoms with van der Waals surface area (Å²) >= 11 is 0. The lowest BCUT2D eigenvalue weighted by Gasteiger charge is -2.15. The van der Waals surface area contributed by atoms with Crippen molar-refractivity contribution in [3.63, 3.8) is 0 Å². The van der Waals surface area contributed by atoms with Crippen molar-refractivity contribution in [2.24, 2.45) is 10.8 Å². The molecule has 0 aliphatic carbocycles. The van der Waals surface area contributed by atoms with Gasteiger partial charge in [-0.25, -0.2) is 0 Å². The molecule has 4 N–H and O–H groups in total. The fourth-order valence-corrected chi connectivity index (χ4v) is 3.45. The van der Waals surface area contributed by atoms with Crippen LogP contribution < -0.4 is 16.3 Å². The number of aromatic nitrogens is 1. The Balaban J connectivity index is 2.18. The summed E-state index contributed by atoms with van der Waals surface area (Å²) < 4.78 is 0.523. The molecule has 1 aliphatic heterocycles. The van der Waals surface area contributed by atoms with Crippen LogP contribution in [0, 0.1) is 20.8 Å². The molecule has 166 valence electrons. The largest absolute Gasteiger partial charge is 0.494 e. The summed E-state index contributed by atoms with van der Waals surface area (Å²) in [7, 11) is 0. The van der Waals surface area contributed by atoms with E-state index in [1.165, 1.54) is 18.0 Å². The van der Waals surface area contributed by atoms with E-state index in [0.717, 1.165) is 11.1 Å². The first-order chi connectivity index (χ1) is 14.9. The zero-order chi connectivity index (χ0) is 23.9. The van der Waals surface area contributed by atoms with Gasteiger partial charge in [-0.3, -0.25) is 23.7 Å². The van der Waals surface area contributed by atoms with Crippen molar-refractivity contribution in [2.75, 3.05) is 5.01 Å². The Kier molecular flexibility index (Phi) is 5.72. The highest BCUT2D eigenvalue weighted by Gasteiger charge is 2.30. The van der Waals surface area contributed by atoms with E-state index in [1.807, 2.05) is 26.0 Å². The normalized spacial score (nSPS) is 14.8. The number of primary amides is 1. The first-order valence-corrected chi connectivity index (χ1v) is 9.61. The third kappa shape index (κ3) is 3.78. The number of carbonyl (C=O) groups is 3. The van der Waals surface area contributed by atoms with E-state index in [4.69, 9.17) is 10.8 Å². The fourth-order valence-electron chi connectivity index (χ4n) is 3.45. The highest BCUT2D eigenvalue weighted by Crippen LogP contribution is 2.28. The standard InChI is InChI=1S/C22H22N4O6/c1-10-5-6-14(7-11(10)2)26-21(31)16(13(4)24-26)8-15-12(3)18(19(23)29)22(32)25(20(15)30)9-17(27)28/h5-8,32H,9H2,1-4H3,(H2,23,29)(H,27,28). The number of nitrogens with zero attached hydrogens (tertiary/aromatic N) is 3. The maximum absolute atomic E-state index is 13.1. The van der Waals surface area contributed by atoms with Crippen LogP contribution in [-0.4, -0.2) is 38.3 Å². The van der Waals surface area contributed by atoms with Crippen LogP contribution in [0.15, 0.2) is 33.7 Å². The van der Waals surface area contributed by atoms with Gasteiger partial charge in [0.05, 0.1) is 17.0 Å². The van der Waals surface area contributed by atoms with Crippen molar-refractivity contribution < 1.29 is 24.6 Å². The average molecular weight is 438 g/mol. The van der Waals surface area contributed by atoms with Gasteiger partial charge < -0.3 is 15.9 Å². The number of carboxylic acid groups (broad SMARTS) is 1. The molecule has 32 heavy (non-hydrogen) atoms. The van der Waals surface area contributed by atoms with Gasteiger partial charge in [0, 0.05) is 5.56 Å². The fraction of sp³-hybridized carbons (Fsp3) is 0.227. The van der Waals surface area contributed by atoms with Crippen molar-refractivity contribution in [2.45, 2.75) is 34.2 Å². The molecule has 0 unspecified atom stereocenters. The maximum Gasteiger partial charge on any atom is 0.323 e. The number of aryl methyl sites for hydroxylation is 2. The number of hydrogen-bond donors (Lipinski definition) is 3. The zero-order valence-corrected chi connectivity index (χ0v) is 18.0. The molecule has 0 atom stereocenters. The van der Waals surface area contributed by atoms with Gasteiger partial charge >= 0.3 is 5.97 Å². The number of benzene rings is 1. The van der Waals surface area contributed by atoms with E-state index in [2.05, 4.69) is 5.10 Å². The van der Waals surface area contributed by atoms with Crippen LogP contribution in [0.2, 0.25) is 0 Å². The second-order valence-electron chi connectivity index (χ2n) is 7.52.